The van der Waals surface area contributed by atoms with Crippen molar-refractivity contribution in [2.75, 3.05) is 13.3 Å². The minimum Gasteiger partial charge on any atom is -0.486 e. The number of allylic oxidation sites excluding steroid dienone is 2. The van der Waals surface area contributed by atoms with Crippen molar-refractivity contribution < 1.29 is 17.9 Å². The third kappa shape index (κ3) is 5.56. The fourth-order valence-corrected chi connectivity index (χ4v) is 4.25. The summed E-state index contributed by atoms with van der Waals surface area (Å²) in [6.45, 7) is 3.25. The molecule has 1 aliphatic carbocycles. The molecule has 1 fully saturated rings. The third-order valence-corrected chi connectivity index (χ3v) is 5.94. The largest absolute Gasteiger partial charge is 0.486 e. The van der Waals surface area contributed by atoms with Crippen molar-refractivity contribution in [2.45, 2.75) is 44.4 Å². The first-order valence-corrected chi connectivity index (χ1v) is 10.7. The Bertz CT molecular complexity index is 849. The predicted octanol–water partition coefficient (Wildman–Crippen LogP) is 7.78. The topological polar surface area (TPSA) is 9.23 Å². The summed E-state index contributed by atoms with van der Waals surface area (Å²) in [4.78, 5) is 0. The summed E-state index contributed by atoms with van der Waals surface area (Å²) in [6, 6.07) is 10.8. The summed E-state index contributed by atoms with van der Waals surface area (Å²) in [5, 5.41) is 0. The van der Waals surface area contributed by atoms with E-state index in [1.54, 1.807) is 12.1 Å². The zero-order valence-electron chi connectivity index (χ0n) is 17.3. The minimum atomic E-state index is -0.974. The van der Waals surface area contributed by atoms with Crippen LogP contribution in [0.5, 0.6) is 5.75 Å². The van der Waals surface area contributed by atoms with Crippen LogP contribution < -0.4 is 4.74 Å². The highest BCUT2D eigenvalue weighted by Crippen LogP contribution is 2.38. The number of alkyl halides is 1. The highest BCUT2D eigenvalue weighted by molar-refractivity contribution is 5.65. The molecule has 2 aromatic carbocycles. The van der Waals surface area contributed by atoms with E-state index in [4.69, 9.17) is 4.74 Å². The Hall–Kier alpha value is -2.49. The van der Waals surface area contributed by atoms with E-state index in [-0.39, 0.29) is 24.6 Å². The third-order valence-electron chi connectivity index (χ3n) is 5.94. The number of hydrogen-bond acceptors (Lipinski definition) is 1. The molecule has 0 radical (unpaired) electrons. The maximum Gasteiger partial charge on any atom is 0.201 e. The zero-order chi connectivity index (χ0) is 21.3. The molecule has 0 amide bonds. The summed E-state index contributed by atoms with van der Waals surface area (Å²) in [7, 11) is 0. The van der Waals surface area contributed by atoms with Crippen molar-refractivity contribution in [3.8, 4) is 16.9 Å². The van der Waals surface area contributed by atoms with Gasteiger partial charge in [-0.2, -0.15) is 4.39 Å². The molecule has 2 aromatic rings. The molecule has 3 rings (SSSR count). The quantitative estimate of drug-likeness (QED) is 0.381. The van der Waals surface area contributed by atoms with E-state index in [0.29, 0.717) is 17.4 Å². The first kappa shape index (κ1) is 22.2. The van der Waals surface area contributed by atoms with E-state index >= 15 is 0 Å². The monoisotopic (exact) mass is 414 g/mol. The van der Waals surface area contributed by atoms with Crippen LogP contribution in [-0.4, -0.2) is 13.3 Å². The van der Waals surface area contributed by atoms with Crippen LogP contribution in [0.3, 0.4) is 0 Å². The maximum atomic E-state index is 14.5. The van der Waals surface area contributed by atoms with E-state index < -0.39 is 11.6 Å². The second-order valence-electron chi connectivity index (χ2n) is 7.88. The number of halogens is 3. The second-order valence-corrected chi connectivity index (χ2v) is 7.88. The van der Waals surface area contributed by atoms with Gasteiger partial charge >= 0.3 is 0 Å². The van der Waals surface area contributed by atoms with Crippen LogP contribution in [0, 0.1) is 17.6 Å². The number of rotatable bonds is 9. The van der Waals surface area contributed by atoms with E-state index in [9.17, 15) is 13.2 Å². The van der Waals surface area contributed by atoms with Gasteiger partial charge in [-0.3, -0.25) is 0 Å². The maximum absolute atomic E-state index is 14.5. The Balaban J connectivity index is 1.61. The van der Waals surface area contributed by atoms with Crippen molar-refractivity contribution in [1.82, 2.24) is 0 Å². The van der Waals surface area contributed by atoms with Gasteiger partial charge in [0.1, 0.15) is 13.3 Å². The first-order valence-electron chi connectivity index (χ1n) is 10.7. The molecule has 0 bridgehead atoms. The van der Waals surface area contributed by atoms with Crippen molar-refractivity contribution in [3.05, 3.63) is 78.4 Å². The summed E-state index contributed by atoms with van der Waals surface area (Å²) in [5.74, 6) is -0.758. The molecule has 1 saturated carbocycles. The van der Waals surface area contributed by atoms with Crippen molar-refractivity contribution in [2.24, 2.45) is 5.92 Å². The fourth-order valence-electron chi connectivity index (χ4n) is 4.25. The van der Waals surface area contributed by atoms with Crippen LogP contribution in [-0.2, 0) is 0 Å². The molecule has 0 saturated heterocycles. The van der Waals surface area contributed by atoms with Gasteiger partial charge < -0.3 is 4.74 Å². The molecule has 0 heterocycles. The average molecular weight is 415 g/mol. The van der Waals surface area contributed by atoms with E-state index in [0.717, 1.165) is 25.7 Å². The Kier molecular flexibility index (Phi) is 8.18. The van der Waals surface area contributed by atoms with Crippen LogP contribution >= 0.6 is 0 Å². The van der Waals surface area contributed by atoms with Gasteiger partial charge in [0.2, 0.25) is 5.82 Å². The van der Waals surface area contributed by atoms with Crippen LogP contribution in [0.4, 0.5) is 13.2 Å². The molecule has 0 atom stereocenters. The van der Waals surface area contributed by atoms with E-state index in [1.807, 2.05) is 30.3 Å². The lowest BCUT2D eigenvalue weighted by Gasteiger charge is -2.28. The molecule has 0 aliphatic heterocycles. The minimum absolute atomic E-state index is 0.107. The average Bonchev–Trinajstić information content (AvgIpc) is 2.78. The highest BCUT2D eigenvalue weighted by atomic mass is 19.2. The molecule has 0 unspecified atom stereocenters. The molecule has 0 spiro atoms. The van der Waals surface area contributed by atoms with Crippen LogP contribution in [0.15, 0.2) is 61.2 Å². The normalized spacial score (nSPS) is 19.2. The number of ether oxygens (including phenoxy) is 1. The van der Waals surface area contributed by atoms with Gasteiger partial charge in [0.15, 0.2) is 11.6 Å². The van der Waals surface area contributed by atoms with Crippen LogP contribution in [0.25, 0.3) is 11.1 Å². The predicted molar refractivity (Wildman–Crippen MR) is 117 cm³/mol. The second kappa shape index (κ2) is 11.1. The summed E-state index contributed by atoms with van der Waals surface area (Å²) in [5.41, 5.74) is 2.13. The Morgan fingerprint density at radius 3 is 2.33 bits per heavy atom. The van der Waals surface area contributed by atoms with E-state index in [2.05, 4.69) is 6.58 Å². The van der Waals surface area contributed by atoms with Gasteiger partial charge in [-0.25, -0.2) is 8.78 Å². The van der Waals surface area contributed by atoms with Gasteiger partial charge in [-0.05, 0) is 73.6 Å². The molecule has 160 valence electrons. The van der Waals surface area contributed by atoms with Gasteiger partial charge in [0, 0.05) is 5.56 Å². The number of hydrogen-bond donors (Lipinski definition) is 0. The SMILES string of the molecule is C=CCOc1ccc(-c2ccc(C3CCC(CCC=CCF)CC3)cc2)c(F)c1F. The molecule has 1 nitrogen and oxygen atoms in total. The summed E-state index contributed by atoms with van der Waals surface area (Å²) < 4.78 is 46.0. The summed E-state index contributed by atoms with van der Waals surface area (Å²) >= 11 is 0. The lowest BCUT2D eigenvalue weighted by atomic mass is 9.77. The van der Waals surface area contributed by atoms with Crippen molar-refractivity contribution >= 4 is 0 Å². The summed E-state index contributed by atoms with van der Waals surface area (Å²) in [6.07, 6.45) is 11.7. The molecule has 1 aliphatic rings. The fraction of sp³-hybridized carbons (Fsp3) is 0.385. The van der Waals surface area contributed by atoms with Crippen molar-refractivity contribution in [3.63, 3.8) is 0 Å². The van der Waals surface area contributed by atoms with E-state index in [1.165, 1.54) is 30.5 Å². The van der Waals surface area contributed by atoms with Crippen molar-refractivity contribution in [1.29, 1.82) is 0 Å². The first-order chi connectivity index (χ1) is 14.6. The number of benzene rings is 2. The molecular weight excluding hydrogens is 385 g/mol. The van der Waals surface area contributed by atoms with Crippen LogP contribution in [0.2, 0.25) is 0 Å². The van der Waals surface area contributed by atoms with Gasteiger partial charge in [-0.1, -0.05) is 49.1 Å². The standard InChI is InChI=1S/C26H29F3O/c1-2-18-30-24-16-15-23(25(28)26(24)29)22-13-11-21(12-14-22)20-9-7-19(8-10-20)6-4-3-5-17-27/h2-3,5,11-16,19-20H,1,4,6-10,17-18H2. The molecule has 4 heteroatoms. The Morgan fingerprint density at radius 2 is 1.67 bits per heavy atom. The lowest BCUT2D eigenvalue weighted by molar-refractivity contribution is 0.312. The van der Waals surface area contributed by atoms with Gasteiger partial charge in [0.05, 0.1) is 0 Å². The molecular formula is C26H29F3O. The molecule has 0 aromatic heterocycles. The zero-order valence-corrected chi connectivity index (χ0v) is 17.3. The van der Waals surface area contributed by atoms with Gasteiger partial charge in [0.25, 0.3) is 0 Å². The Morgan fingerprint density at radius 1 is 0.933 bits per heavy atom. The Labute approximate surface area is 177 Å². The lowest BCUT2D eigenvalue weighted by Crippen LogP contribution is -2.13. The van der Waals surface area contributed by atoms with Crippen LogP contribution in [0.1, 0.15) is 50.0 Å². The highest BCUT2D eigenvalue weighted by Gasteiger charge is 2.22. The van der Waals surface area contributed by atoms with Gasteiger partial charge in [-0.15, -0.1) is 0 Å². The molecule has 30 heavy (non-hydrogen) atoms. The molecule has 0 N–H and O–H groups in total. The smallest absolute Gasteiger partial charge is 0.201 e.